The van der Waals surface area contributed by atoms with Gasteiger partial charge in [-0.1, -0.05) is 51.1 Å². The number of carbonyl (C=O) groups is 1. The van der Waals surface area contributed by atoms with Crippen LogP contribution in [-0.4, -0.2) is 24.1 Å². The van der Waals surface area contributed by atoms with Gasteiger partial charge in [0.1, 0.15) is 6.61 Å². The molecule has 0 N–H and O–H groups in total. The number of likely N-dealkylation sites (tertiary alicyclic amines) is 1. The number of carbonyl (C=O) groups excluding carboxylic acids is 1. The lowest BCUT2D eigenvalue weighted by Gasteiger charge is -2.30. The molecule has 1 aromatic rings. The first-order valence-corrected chi connectivity index (χ1v) is 7.21. The third-order valence-corrected chi connectivity index (χ3v) is 3.12. The second-order valence-corrected chi connectivity index (χ2v) is 4.73. The maximum atomic E-state index is 11.8. The quantitative estimate of drug-likeness (QED) is 0.804. The van der Waals surface area contributed by atoms with Crippen molar-refractivity contribution < 1.29 is 9.53 Å². The van der Waals surface area contributed by atoms with Gasteiger partial charge in [0, 0.05) is 13.1 Å². The van der Waals surface area contributed by atoms with Crippen molar-refractivity contribution in [3.05, 3.63) is 35.9 Å². The van der Waals surface area contributed by atoms with Crippen molar-refractivity contribution in [3.8, 4) is 0 Å². The van der Waals surface area contributed by atoms with E-state index in [1.54, 1.807) is 0 Å². The summed E-state index contributed by atoms with van der Waals surface area (Å²) in [5.74, 6) is 0.591. The standard InChI is InChI=1S/C14H19NO2.C2H6/c1-12-6-5-9-15(10-12)14(16)17-11-13-7-3-2-4-8-13;1-2/h2-4,7-8,12H,5-6,9-11H2,1H3;1-2H3. The van der Waals surface area contributed by atoms with Gasteiger partial charge in [-0.15, -0.1) is 0 Å². The highest BCUT2D eigenvalue weighted by Gasteiger charge is 2.21. The van der Waals surface area contributed by atoms with Crippen molar-refractivity contribution >= 4 is 6.09 Å². The average Bonchev–Trinajstić information content (AvgIpc) is 2.48. The fourth-order valence-electron chi connectivity index (χ4n) is 2.17. The van der Waals surface area contributed by atoms with Crippen LogP contribution in [0.1, 0.15) is 39.2 Å². The molecule has 0 radical (unpaired) electrons. The molecule has 0 aromatic heterocycles. The van der Waals surface area contributed by atoms with E-state index in [0.717, 1.165) is 25.1 Å². The van der Waals surface area contributed by atoms with Gasteiger partial charge in [0.2, 0.25) is 0 Å². The molecule has 1 aliphatic rings. The normalized spacial score (nSPS) is 18.3. The molecule has 0 bridgehead atoms. The third kappa shape index (κ3) is 5.33. The molecule has 19 heavy (non-hydrogen) atoms. The zero-order valence-electron chi connectivity index (χ0n) is 12.3. The number of rotatable bonds is 2. The molecule has 1 unspecified atom stereocenters. The highest BCUT2D eigenvalue weighted by atomic mass is 16.6. The van der Waals surface area contributed by atoms with Gasteiger partial charge in [0.15, 0.2) is 0 Å². The largest absolute Gasteiger partial charge is 0.445 e. The van der Waals surface area contributed by atoms with Crippen LogP contribution in [0.2, 0.25) is 0 Å². The van der Waals surface area contributed by atoms with E-state index in [2.05, 4.69) is 6.92 Å². The number of hydrogen-bond acceptors (Lipinski definition) is 2. The molecule has 0 aliphatic carbocycles. The van der Waals surface area contributed by atoms with Gasteiger partial charge in [-0.05, 0) is 24.3 Å². The fraction of sp³-hybridized carbons (Fsp3) is 0.562. The van der Waals surface area contributed by atoms with E-state index in [1.165, 1.54) is 6.42 Å². The van der Waals surface area contributed by atoms with Gasteiger partial charge in [-0.25, -0.2) is 4.79 Å². The Morgan fingerprint density at radius 2 is 2.00 bits per heavy atom. The van der Waals surface area contributed by atoms with Crippen molar-refractivity contribution in [1.29, 1.82) is 0 Å². The van der Waals surface area contributed by atoms with Crippen LogP contribution in [0.4, 0.5) is 4.79 Å². The molecule has 1 aliphatic heterocycles. The first kappa shape index (κ1) is 15.5. The Morgan fingerprint density at radius 3 is 2.63 bits per heavy atom. The number of amides is 1. The van der Waals surface area contributed by atoms with Crippen molar-refractivity contribution in [2.75, 3.05) is 13.1 Å². The Hall–Kier alpha value is -1.51. The summed E-state index contributed by atoms with van der Waals surface area (Å²) in [6.07, 6.45) is 2.12. The summed E-state index contributed by atoms with van der Waals surface area (Å²) >= 11 is 0. The summed E-state index contributed by atoms with van der Waals surface area (Å²) < 4.78 is 5.30. The molecular weight excluding hydrogens is 238 g/mol. The van der Waals surface area contributed by atoms with E-state index in [0.29, 0.717) is 12.5 Å². The smallest absolute Gasteiger partial charge is 0.410 e. The Balaban J connectivity index is 0.000000861. The summed E-state index contributed by atoms with van der Waals surface area (Å²) in [5, 5.41) is 0. The zero-order valence-corrected chi connectivity index (χ0v) is 12.3. The third-order valence-electron chi connectivity index (χ3n) is 3.12. The molecule has 1 aromatic carbocycles. The molecule has 1 amide bonds. The van der Waals surface area contributed by atoms with Crippen molar-refractivity contribution in [2.45, 2.75) is 40.2 Å². The Kier molecular flexibility index (Phi) is 7.01. The predicted octanol–water partition coefficient (Wildman–Crippen LogP) is 4.08. The highest BCUT2D eigenvalue weighted by Crippen LogP contribution is 2.16. The van der Waals surface area contributed by atoms with E-state index in [-0.39, 0.29) is 6.09 Å². The van der Waals surface area contributed by atoms with E-state index in [9.17, 15) is 4.79 Å². The van der Waals surface area contributed by atoms with E-state index < -0.39 is 0 Å². The van der Waals surface area contributed by atoms with Crippen molar-refractivity contribution in [2.24, 2.45) is 5.92 Å². The maximum absolute atomic E-state index is 11.8. The Labute approximate surface area is 116 Å². The minimum Gasteiger partial charge on any atom is -0.445 e. The van der Waals surface area contributed by atoms with Crippen LogP contribution >= 0.6 is 0 Å². The molecule has 1 atom stereocenters. The summed E-state index contributed by atoms with van der Waals surface area (Å²) in [7, 11) is 0. The molecule has 1 saturated heterocycles. The molecule has 3 heteroatoms. The Morgan fingerprint density at radius 1 is 1.32 bits per heavy atom. The number of benzene rings is 1. The van der Waals surface area contributed by atoms with Crippen LogP contribution in [0, 0.1) is 5.92 Å². The van der Waals surface area contributed by atoms with Gasteiger partial charge in [0.25, 0.3) is 0 Å². The van der Waals surface area contributed by atoms with E-state index in [1.807, 2.05) is 49.1 Å². The first-order valence-electron chi connectivity index (χ1n) is 7.21. The second-order valence-electron chi connectivity index (χ2n) is 4.73. The maximum Gasteiger partial charge on any atom is 0.410 e. The van der Waals surface area contributed by atoms with Gasteiger partial charge < -0.3 is 9.64 Å². The lowest BCUT2D eigenvalue weighted by molar-refractivity contribution is 0.0810. The average molecular weight is 263 g/mol. The minimum atomic E-state index is -0.180. The summed E-state index contributed by atoms with van der Waals surface area (Å²) in [6, 6.07) is 9.79. The number of piperidine rings is 1. The van der Waals surface area contributed by atoms with Gasteiger partial charge >= 0.3 is 6.09 Å². The fourth-order valence-corrected chi connectivity index (χ4v) is 2.17. The van der Waals surface area contributed by atoms with Crippen LogP contribution < -0.4 is 0 Å². The molecule has 0 spiro atoms. The number of ether oxygens (including phenoxy) is 1. The first-order chi connectivity index (χ1) is 9.25. The predicted molar refractivity (Wildman–Crippen MR) is 77.9 cm³/mol. The SMILES string of the molecule is CC.CC1CCCN(C(=O)OCc2ccccc2)C1. The highest BCUT2D eigenvalue weighted by molar-refractivity contribution is 5.67. The summed E-state index contributed by atoms with van der Waals surface area (Å²) in [4.78, 5) is 13.6. The molecule has 1 heterocycles. The van der Waals surface area contributed by atoms with Gasteiger partial charge in [0.05, 0.1) is 0 Å². The van der Waals surface area contributed by atoms with Gasteiger partial charge in [-0.2, -0.15) is 0 Å². The topological polar surface area (TPSA) is 29.5 Å². The Bertz CT molecular complexity index is 364. The minimum absolute atomic E-state index is 0.180. The van der Waals surface area contributed by atoms with Crippen LogP contribution in [0.25, 0.3) is 0 Å². The zero-order chi connectivity index (χ0) is 14.1. The van der Waals surface area contributed by atoms with Gasteiger partial charge in [-0.3, -0.25) is 0 Å². The lowest BCUT2D eigenvalue weighted by atomic mass is 10.0. The van der Waals surface area contributed by atoms with Crippen molar-refractivity contribution in [3.63, 3.8) is 0 Å². The molecular formula is C16H25NO2. The van der Waals surface area contributed by atoms with E-state index >= 15 is 0 Å². The van der Waals surface area contributed by atoms with Crippen molar-refractivity contribution in [1.82, 2.24) is 4.90 Å². The molecule has 3 nitrogen and oxygen atoms in total. The second kappa shape index (κ2) is 8.57. The lowest BCUT2D eigenvalue weighted by Crippen LogP contribution is -2.39. The van der Waals surface area contributed by atoms with Crippen LogP contribution in [-0.2, 0) is 11.3 Å². The van der Waals surface area contributed by atoms with Crippen LogP contribution in [0.15, 0.2) is 30.3 Å². The number of hydrogen-bond donors (Lipinski definition) is 0. The van der Waals surface area contributed by atoms with E-state index in [4.69, 9.17) is 4.74 Å². The summed E-state index contributed by atoms with van der Waals surface area (Å²) in [6.45, 7) is 8.20. The molecule has 1 fully saturated rings. The molecule has 106 valence electrons. The molecule has 0 saturated carbocycles. The number of nitrogens with zero attached hydrogens (tertiary/aromatic N) is 1. The summed E-state index contributed by atoms with van der Waals surface area (Å²) in [5.41, 5.74) is 1.03. The molecule has 2 rings (SSSR count). The van der Waals surface area contributed by atoms with Crippen LogP contribution in [0.5, 0.6) is 0 Å². The van der Waals surface area contributed by atoms with Crippen LogP contribution in [0.3, 0.4) is 0 Å². The monoisotopic (exact) mass is 263 g/mol.